The van der Waals surface area contributed by atoms with E-state index in [9.17, 15) is 4.79 Å². The van der Waals surface area contributed by atoms with Gasteiger partial charge in [-0.3, -0.25) is 4.79 Å². The van der Waals surface area contributed by atoms with Crippen molar-refractivity contribution in [2.45, 2.75) is 56.4 Å². The Bertz CT molecular complexity index is 1290. The second-order valence-corrected chi connectivity index (χ2v) is 11.1. The van der Waals surface area contributed by atoms with Gasteiger partial charge >= 0.3 is 0 Å². The number of carbonyl (C=O) groups excluding carboxylic acids is 1. The van der Waals surface area contributed by atoms with Crippen molar-refractivity contribution in [2.75, 3.05) is 33.4 Å². The molecule has 1 unspecified atom stereocenters. The first kappa shape index (κ1) is 24.9. The van der Waals surface area contributed by atoms with Crippen LogP contribution in [0.25, 0.3) is 0 Å². The third-order valence-electron chi connectivity index (χ3n) is 8.70. The standard InChI is InChI=1S/C30H36N4O4/c1-19(2)27-32-28(38-33-27)24-16-21(20-8-5-4-6-9-20)12-14-34(24)29(35)23-17-31-18-30(23)13-15-37-26-22(30)10-7-11-25(26)36-3/h4-11,19,21,23-24,31H,12-18H2,1-3H3/t21?,23-,24-,30-/m0/s1. The van der Waals surface area contributed by atoms with Crippen LogP contribution in [0.1, 0.15) is 73.8 Å². The lowest BCUT2D eigenvalue weighted by atomic mass is 9.68. The van der Waals surface area contributed by atoms with Gasteiger partial charge < -0.3 is 24.2 Å². The number of rotatable bonds is 5. The first-order valence-electron chi connectivity index (χ1n) is 13.7. The third-order valence-corrected chi connectivity index (χ3v) is 8.70. The summed E-state index contributed by atoms with van der Waals surface area (Å²) in [5.41, 5.74) is 2.00. The number of aromatic nitrogens is 2. The maximum absolute atomic E-state index is 14.5. The third kappa shape index (κ3) is 4.15. The van der Waals surface area contributed by atoms with Crippen LogP contribution in [0.4, 0.5) is 0 Å². The molecule has 0 radical (unpaired) electrons. The number of para-hydroxylation sites is 1. The van der Waals surface area contributed by atoms with Gasteiger partial charge in [0.15, 0.2) is 17.3 Å². The molecule has 2 saturated heterocycles. The lowest BCUT2D eigenvalue weighted by Crippen LogP contribution is -2.51. The maximum Gasteiger partial charge on any atom is 0.249 e. The maximum atomic E-state index is 14.5. The van der Waals surface area contributed by atoms with Crippen LogP contribution < -0.4 is 14.8 Å². The molecule has 1 N–H and O–H groups in total. The molecule has 0 bridgehead atoms. The van der Waals surface area contributed by atoms with Gasteiger partial charge in [0.25, 0.3) is 0 Å². The predicted molar refractivity (Wildman–Crippen MR) is 142 cm³/mol. The van der Waals surface area contributed by atoms with Crippen LogP contribution in [0.2, 0.25) is 0 Å². The molecule has 2 fully saturated rings. The van der Waals surface area contributed by atoms with E-state index in [0.717, 1.165) is 37.1 Å². The van der Waals surface area contributed by atoms with E-state index in [1.807, 2.05) is 23.1 Å². The van der Waals surface area contributed by atoms with Crippen molar-refractivity contribution in [3.63, 3.8) is 0 Å². The van der Waals surface area contributed by atoms with Crippen molar-refractivity contribution in [1.29, 1.82) is 0 Å². The highest BCUT2D eigenvalue weighted by molar-refractivity contribution is 5.82. The van der Waals surface area contributed by atoms with Gasteiger partial charge in [-0.2, -0.15) is 4.98 Å². The Balaban J connectivity index is 1.35. The number of hydrogen-bond acceptors (Lipinski definition) is 7. The largest absolute Gasteiger partial charge is 0.493 e. The van der Waals surface area contributed by atoms with E-state index in [1.54, 1.807) is 7.11 Å². The van der Waals surface area contributed by atoms with Crippen LogP contribution in [-0.2, 0) is 10.2 Å². The smallest absolute Gasteiger partial charge is 0.249 e. The topological polar surface area (TPSA) is 89.7 Å². The van der Waals surface area contributed by atoms with Crippen LogP contribution in [0, 0.1) is 5.92 Å². The van der Waals surface area contributed by atoms with E-state index in [1.165, 1.54) is 5.56 Å². The minimum absolute atomic E-state index is 0.145. The summed E-state index contributed by atoms with van der Waals surface area (Å²) >= 11 is 0. The Morgan fingerprint density at radius 2 is 2.03 bits per heavy atom. The highest BCUT2D eigenvalue weighted by Gasteiger charge is 2.53. The summed E-state index contributed by atoms with van der Waals surface area (Å²) in [5, 5.41) is 7.79. The van der Waals surface area contributed by atoms with Gasteiger partial charge in [-0.05, 0) is 36.8 Å². The van der Waals surface area contributed by atoms with Crippen molar-refractivity contribution in [3.8, 4) is 11.5 Å². The molecule has 6 rings (SSSR count). The first-order chi connectivity index (χ1) is 18.5. The monoisotopic (exact) mass is 516 g/mol. The minimum Gasteiger partial charge on any atom is -0.493 e. The van der Waals surface area contributed by atoms with E-state index in [2.05, 4.69) is 54.7 Å². The van der Waals surface area contributed by atoms with E-state index in [-0.39, 0.29) is 29.2 Å². The fraction of sp³-hybridized carbons (Fsp3) is 0.500. The molecule has 1 aromatic heterocycles. The van der Waals surface area contributed by atoms with Crippen molar-refractivity contribution in [2.24, 2.45) is 5.92 Å². The van der Waals surface area contributed by atoms with Crippen LogP contribution in [-0.4, -0.2) is 54.3 Å². The van der Waals surface area contributed by atoms with Crippen LogP contribution in [0.3, 0.4) is 0 Å². The Kier molecular flexibility index (Phi) is 6.60. The number of carbonyl (C=O) groups is 1. The number of amides is 1. The Morgan fingerprint density at radius 3 is 2.79 bits per heavy atom. The number of benzene rings is 2. The van der Waals surface area contributed by atoms with Crippen molar-refractivity contribution >= 4 is 5.91 Å². The van der Waals surface area contributed by atoms with Crippen molar-refractivity contribution < 1.29 is 18.8 Å². The number of methoxy groups -OCH3 is 1. The molecule has 0 saturated carbocycles. The molecule has 3 aromatic rings. The quantitative estimate of drug-likeness (QED) is 0.531. The van der Waals surface area contributed by atoms with Gasteiger partial charge in [0.05, 0.1) is 19.6 Å². The van der Waals surface area contributed by atoms with E-state index in [0.29, 0.717) is 43.1 Å². The molecule has 3 aliphatic heterocycles. The predicted octanol–water partition coefficient (Wildman–Crippen LogP) is 4.59. The molecule has 2 aromatic carbocycles. The highest BCUT2D eigenvalue weighted by atomic mass is 16.5. The highest BCUT2D eigenvalue weighted by Crippen LogP contribution is 2.50. The number of ether oxygens (including phenoxy) is 2. The molecular weight excluding hydrogens is 480 g/mol. The SMILES string of the molecule is COc1cccc2c1OCC[C@]21CNC[C@H]1C(=O)N1CCC(c2ccccc2)C[C@H]1c1nc(C(C)C)no1. The summed E-state index contributed by atoms with van der Waals surface area (Å²) in [6.07, 6.45) is 2.44. The Morgan fingerprint density at radius 1 is 1.18 bits per heavy atom. The van der Waals surface area contributed by atoms with Crippen LogP contribution in [0.5, 0.6) is 11.5 Å². The van der Waals surface area contributed by atoms with E-state index in [4.69, 9.17) is 19.0 Å². The molecule has 8 heteroatoms. The summed E-state index contributed by atoms with van der Waals surface area (Å²) < 4.78 is 17.5. The van der Waals surface area contributed by atoms with E-state index >= 15 is 0 Å². The minimum atomic E-state index is -0.349. The Hall–Kier alpha value is -3.39. The normalized spacial score (nSPS) is 26.8. The number of hydrogen-bond donors (Lipinski definition) is 1. The zero-order valence-corrected chi connectivity index (χ0v) is 22.4. The zero-order chi connectivity index (χ0) is 26.3. The number of nitrogens with zero attached hydrogens (tertiary/aromatic N) is 3. The molecule has 1 amide bonds. The summed E-state index contributed by atoms with van der Waals surface area (Å²) in [7, 11) is 1.66. The molecule has 4 heterocycles. The lowest BCUT2D eigenvalue weighted by molar-refractivity contribution is -0.142. The van der Waals surface area contributed by atoms with Gasteiger partial charge in [0.1, 0.15) is 6.04 Å². The molecule has 8 nitrogen and oxygen atoms in total. The molecule has 38 heavy (non-hydrogen) atoms. The van der Waals surface area contributed by atoms with E-state index < -0.39 is 0 Å². The van der Waals surface area contributed by atoms with Gasteiger partial charge in [0.2, 0.25) is 11.8 Å². The van der Waals surface area contributed by atoms with Gasteiger partial charge in [-0.15, -0.1) is 0 Å². The first-order valence-corrected chi connectivity index (χ1v) is 13.7. The molecule has 4 atom stereocenters. The fourth-order valence-corrected chi connectivity index (χ4v) is 6.62. The zero-order valence-electron chi connectivity index (χ0n) is 22.4. The van der Waals surface area contributed by atoms with Gasteiger partial charge in [-0.25, -0.2) is 0 Å². The fourth-order valence-electron chi connectivity index (χ4n) is 6.62. The molecule has 3 aliphatic rings. The van der Waals surface area contributed by atoms with Crippen LogP contribution in [0.15, 0.2) is 53.1 Å². The summed E-state index contributed by atoms with van der Waals surface area (Å²) in [5.74, 6) is 3.10. The average Bonchev–Trinajstić information content (AvgIpc) is 3.61. The van der Waals surface area contributed by atoms with Crippen molar-refractivity contribution in [3.05, 3.63) is 71.4 Å². The molecule has 1 spiro atoms. The molecule has 0 aliphatic carbocycles. The second kappa shape index (κ2) is 10.1. The summed E-state index contributed by atoms with van der Waals surface area (Å²) in [4.78, 5) is 21.3. The average molecular weight is 517 g/mol. The number of likely N-dealkylation sites (tertiary alicyclic amines) is 1. The lowest BCUT2D eigenvalue weighted by Gasteiger charge is -2.44. The van der Waals surface area contributed by atoms with Gasteiger partial charge in [0, 0.05) is 36.5 Å². The summed E-state index contributed by atoms with van der Waals surface area (Å²) in [6, 6.07) is 16.3. The molecular formula is C30H36N4O4. The Labute approximate surface area is 223 Å². The second-order valence-electron chi connectivity index (χ2n) is 11.1. The van der Waals surface area contributed by atoms with Crippen molar-refractivity contribution in [1.82, 2.24) is 20.4 Å². The van der Waals surface area contributed by atoms with Gasteiger partial charge in [-0.1, -0.05) is 61.5 Å². The number of nitrogens with one attached hydrogen (secondary N) is 1. The number of fused-ring (bicyclic) bond motifs is 2. The molecule has 200 valence electrons. The van der Waals surface area contributed by atoms with Crippen LogP contribution >= 0.6 is 0 Å². The summed E-state index contributed by atoms with van der Waals surface area (Å²) in [6.45, 7) is 6.67. The number of piperidine rings is 1.